The lowest BCUT2D eigenvalue weighted by Crippen LogP contribution is -2.19. The number of nitrogens with one attached hydrogen (secondary N) is 1. The van der Waals surface area contributed by atoms with Gasteiger partial charge in [-0.15, -0.1) is 0 Å². The van der Waals surface area contributed by atoms with Crippen molar-refractivity contribution in [1.82, 2.24) is 9.13 Å². The molecule has 0 amide bonds. The molecule has 0 saturated heterocycles. The van der Waals surface area contributed by atoms with Crippen molar-refractivity contribution >= 4 is 26.7 Å². The highest BCUT2D eigenvalue weighted by atomic mass is 32.2. The van der Waals surface area contributed by atoms with Crippen LogP contribution in [0.5, 0.6) is 28.7 Å². The number of methoxy groups -OCH3 is 1. The van der Waals surface area contributed by atoms with Crippen molar-refractivity contribution in [3.63, 3.8) is 0 Å². The molecule has 3 aromatic carbocycles. The first kappa shape index (κ1) is 31.6. The van der Waals surface area contributed by atoms with Crippen LogP contribution in [0, 0.1) is 0 Å². The largest absolute Gasteiger partial charge is 0.493 e. The molecular formula is C29H33F2N3O8S. The van der Waals surface area contributed by atoms with Crippen molar-refractivity contribution in [2.75, 3.05) is 31.7 Å². The standard InChI is InChI=1S/C29H33F2N3O8S/c1-5-11-39-20-14-21(40-13-6-12-38-4)16-22(15-20)41-27-18-26-25(33(2)29(35)34(26)3)17-24(27)32-43(36,37)23-9-7-19(8-10-23)42-28(30)31/h7-10,14-18,28,32H,5-6,11-13H2,1-4H3. The first-order chi connectivity index (χ1) is 20.5. The lowest BCUT2D eigenvalue weighted by Gasteiger charge is -2.16. The Labute approximate surface area is 247 Å². The third-order valence-electron chi connectivity index (χ3n) is 6.29. The Morgan fingerprint density at radius 1 is 0.837 bits per heavy atom. The number of ether oxygens (including phenoxy) is 5. The Morgan fingerprint density at radius 2 is 1.44 bits per heavy atom. The number of fused-ring (bicyclic) bond motifs is 1. The van der Waals surface area contributed by atoms with Crippen LogP contribution in [0.4, 0.5) is 14.5 Å². The second-order valence-corrected chi connectivity index (χ2v) is 11.2. The second-order valence-electron chi connectivity index (χ2n) is 9.48. The Morgan fingerprint density at radius 3 is 2.05 bits per heavy atom. The number of benzene rings is 3. The van der Waals surface area contributed by atoms with Crippen LogP contribution in [0.15, 0.2) is 64.3 Å². The average molecular weight is 622 g/mol. The molecule has 0 fully saturated rings. The zero-order valence-corrected chi connectivity index (χ0v) is 25.0. The van der Waals surface area contributed by atoms with Crippen molar-refractivity contribution in [3.8, 4) is 28.7 Å². The molecule has 1 N–H and O–H groups in total. The van der Waals surface area contributed by atoms with E-state index in [0.717, 1.165) is 30.7 Å². The number of aromatic nitrogens is 2. The highest BCUT2D eigenvalue weighted by Crippen LogP contribution is 2.38. The Bertz CT molecular complexity index is 1720. The van der Waals surface area contributed by atoms with Crippen molar-refractivity contribution in [2.24, 2.45) is 14.1 Å². The predicted octanol–water partition coefficient (Wildman–Crippen LogP) is 5.28. The van der Waals surface area contributed by atoms with E-state index >= 15 is 0 Å². The van der Waals surface area contributed by atoms with Gasteiger partial charge < -0.3 is 23.7 Å². The Kier molecular flexibility index (Phi) is 10.1. The molecule has 0 radical (unpaired) electrons. The molecule has 43 heavy (non-hydrogen) atoms. The fourth-order valence-electron chi connectivity index (χ4n) is 4.21. The summed E-state index contributed by atoms with van der Waals surface area (Å²) in [6.07, 6.45) is 1.43. The molecule has 0 unspecified atom stereocenters. The van der Waals surface area contributed by atoms with Crippen LogP contribution >= 0.6 is 0 Å². The summed E-state index contributed by atoms with van der Waals surface area (Å²) in [6, 6.07) is 12.6. The van der Waals surface area contributed by atoms with E-state index in [9.17, 15) is 22.0 Å². The van der Waals surface area contributed by atoms with E-state index in [1.807, 2.05) is 6.92 Å². The summed E-state index contributed by atoms with van der Waals surface area (Å²) in [5, 5.41) is 0. The van der Waals surface area contributed by atoms with Gasteiger partial charge in [-0.05, 0) is 36.8 Å². The molecule has 0 saturated carbocycles. The molecule has 0 aliphatic heterocycles. The number of imidazole rings is 1. The van der Waals surface area contributed by atoms with E-state index in [2.05, 4.69) is 9.46 Å². The summed E-state index contributed by atoms with van der Waals surface area (Å²) in [6.45, 7) is 0.286. The summed E-state index contributed by atoms with van der Waals surface area (Å²) < 4.78 is 84.3. The molecule has 1 aromatic heterocycles. The number of anilines is 1. The lowest BCUT2D eigenvalue weighted by molar-refractivity contribution is -0.0498. The number of nitrogens with zero attached hydrogens (tertiary/aromatic N) is 2. The molecular weight excluding hydrogens is 588 g/mol. The molecule has 232 valence electrons. The van der Waals surface area contributed by atoms with Gasteiger partial charge in [-0.3, -0.25) is 13.9 Å². The van der Waals surface area contributed by atoms with E-state index in [4.69, 9.17) is 18.9 Å². The van der Waals surface area contributed by atoms with Crippen LogP contribution in [0.25, 0.3) is 11.0 Å². The van der Waals surface area contributed by atoms with Crippen molar-refractivity contribution in [3.05, 3.63) is 65.1 Å². The number of hydrogen-bond acceptors (Lipinski definition) is 8. The second kappa shape index (κ2) is 13.8. The van der Waals surface area contributed by atoms with Gasteiger partial charge in [0.25, 0.3) is 10.0 Å². The summed E-state index contributed by atoms with van der Waals surface area (Å²) in [4.78, 5) is 12.5. The molecule has 0 atom stereocenters. The van der Waals surface area contributed by atoms with Crippen molar-refractivity contribution in [1.29, 1.82) is 0 Å². The van der Waals surface area contributed by atoms with Gasteiger partial charge in [0, 0.05) is 58.5 Å². The maximum Gasteiger partial charge on any atom is 0.387 e. The van der Waals surface area contributed by atoms with Gasteiger partial charge in [0.15, 0.2) is 5.75 Å². The lowest BCUT2D eigenvalue weighted by atomic mass is 10.2. The zero-order chi connectivity index (χ0) is 31.1. The molecule has 4 aromatic rings. The minimum Gasteiger partial charge on any atom is -0.493 e. The normalized spacial score (nSPS) is 11.6. The third-order valence-corrected chi connectivity index (χ3v) is 7.67. The molecule has 0 bridgehead atoms. The van der Waals surface area contributed by atoms with Crippen LogP contribution in [-0.2, 0) is 28.9 Å². The molecule has 0 spiro atoms. The van der Waals surface area contributed by atoms with E-state index in [1.165, 1.54) is 15.2 Å². The van der Waals surface area contributed by atoms with Crippen LogP contribution in [0.3, 0.4) is 0 Å². The summed E-state index contributed by atoms with van der Waals surface area (Å²) in [5.41, 5.74) is 0.648. The summed E-state index contributed by atoms with van der Waals surface area (Å²) >= 11 is 0. The fourth-order valence-corrected chi connectivity index (χ4v) is 5.27. The zero-order valence-electron chi connectivity index (χ0n) is 24.1. The minimum absolute atomic E-state index is 0.0315. The maximum absolute atomic E-state index is 13.4. The summed E-state index contributed by atoms with van der Waals surface area (Å²) in [5.74, 6) is 1.16. The minimum atomic E-state index is -4.23. The number of halogens is 2. The quantitative estimate of drug-likeness (QED) is 0.178. The fraction of sp³-hybridized carbons (Fsp3) is 0.345. The molecule has 14 heteroatoms. The van der Waals surface area contributed by atoms with E-state index < -0.39 is 16.6 Å². The van der Waals surface area contributed by atoms with E-state index in [0.29, 0.717) is 54.5 Å². The first-order valence-corrected chi connectivity index (χ1v) is 14.8. The number of sulfonamides is 1. The van der Waals surface area contributed by atoms with Gasteiger partial charge >= 0.3 is 12.3 Å². The predicted molar refractivity (Wildman–Crippen MR) is 156 cm³/mol. The van der Waals surface area contributed by atoms with Gasteiger partial charge in [0.1, 0.15) is 23.0 Å². The number of rotatable bonds is 15. The van der Waals surface area contributed by atoms with Gasteiger partial charge in [-0.1, -0.05) is 6.92 Å². The highest BCUT2D eigenvalue weighted by Gasteiger charge is 2.21. The highest BCUT2D eigenvalue weighted by molar-refractivity contribution is 7.92. The molecule has 11 nitrogen and oxygen atoms in total. The van der Waals surface area contributed by atoms with Crippen LogP contribution in [0.1, 0.15) is 19.8 Å². The number of aryl methyl sites for hydroxylation is 2. The first-order valence-electron chi connectivity index (χ1n) is 13.4. The Hall–Kier alpha value is -4.30. The van der Waals surface area contributed by atoms with Crippen LogP contribution in [0.2, 0.25) is 0 Å². The monoisotopic (exact) mass is 621 g/mol. The van der Waals surface area contributed by atoms with Crippen molar-refractivity contribution in [2.45, 2.75) is 31.3 Å². The number of alkyl halides is 2. The molecule has 1 heterocycles. The van der Waals surface area contributed by atoms with Gasteiger partial charge in [-0.25, -0.2) is 13.2 Å². The number of hydrogen-bond donors (Lipinski definition) is 1. The van der Waals surface area contributed by atoms with E-state index in [-0.39, 0.29) is 27.8 Å². The smallest absolute Gasteiger partial charge is 0.387 e. The molecule has 4 rings (SSSR count). The average Bonchev–Trinajstić information content (AvgIpc) is 3.17. The molecule has 0 aliphatic rings. The van der Waals surface area contributed by atoms with Gasteiger partial charge in [-0.2, -0.15) is 8.78 Å². The van der Waals surface area contributed by atoms with Gasteiger partial charge in [0.05, 0.1) is 34.8 Å². The SMILES string of the molecule is CCCOc1cc(OCCCOC)cc(Oc2cc3c(cc2NS(=O)(=O)c2ccc(OC(F)F)cc2)n(C)c(=O)n3C)c1. The van der Waals surface area contributed by atoms with Crippen LogP contribution in [-0.4, -0.2) is 51.1 Å². The topological polar surface area (TPSA) is 119 Å². The maximum atomic E-state index is 13.4. The van der Waals surface area contributed by atoms with Crippen LogP contribution < -0.4 is 29.4 Å². The Balaban J connectivity index is 1.74. The van der Waals surface area contributed by atoms with Crippen molar-refractivity contribution < 1.29 is 40.9 Å². The molecule has 0 aliphatic carbocycles. The van der Waals surface area contributed by atoms with Gasteiger partial charge in [0.2, 0.25) is 0 Å². The third kappa shape index (κ3) is 7.76. The van der Waals surface area contributed by atoms with E-state index in [1.54, 1.807) is 45.5 Å². The summed E-state index contributed by atoms with van der Waals surface area (Å²) in [7, 11) is 0.524.